The molecule has 1 aliphatic carbocycles. The van der Waals surface area contributed by atoms with Gasteiger partial charge in [-0.25, -0.2) is 4.98 Å². The zero-order valence-electron chi connectivity index (χ0n) is 15.1. The van der Waals surface area contributed by atoms with Gasteiger partial charge in [0.2, 0.25) is 0 Å². The number of hydrogen-bond donors (Lipinski definition) is 1. The minimum Gasteiger partial charge on any atom is -0.369 e. The quantitative estimate of drug-likeness (QED) is 0.760. The Hall–Kier alpha value is -2.47. The molecular weight excluding hydrogens is 328 g/mol. The molecular formula is C20H24N4O2. The normalized spacial score (nSPS) is 16.8. The predicted molar refractivity (Wildman–Crippen MR) is 99.9 cm³/mol. The average Bonchev–Trinajstić information content (AvgIpc) is 3.13. The summed E-state index contributed by atoms with van der Waals surface area (Å²) in [4.78, 5) is 21.4. The van der Waals surface area contributed by atoms with E-state index in [0.29, 0.717) is 23.9 Å². The van der Waals surface area contributed by atoms with Crippen LogP contribution in [0.2, 0.25) is 0 Å². The van der Waals surface area contributed by atoms with Gasteiger partial charge < -0.3 is 4.74 Å². The van der Waals surface area contributed by atoms with Crippen LogP contribution >= 0.6 is 0 Å². The predicted octanol–water partition coefficient (Wildman–Crippen LogP) is 3.71. The molecule has 0 spiro atoms. The second-order valence-electron chi connectivity index (χ2n) is 7.05. The molecule has 1 aromatic carbocycles. The Bertz CT molecular complexity index is 939. The Balaban J connectivity index is 1.60. The van der Waals surface area contributed by atoms with Gasteiger partial charge in [0.15, 0.2) is 5.82 Å². The van der Waals surface area contributed by atoms with E-state index in [9.17, 15) is 4.79 Å². The van der Waals surface area contributed by atoms with E-state index in [1.54, 1.807) is 0 Å². The fourth-order valence-electron chi connectivity index (χ4n) is 3.75. The average molecular weight is 352 g/mol. The molecule has 0 radical (unpaired) electrons. The number of nitrogens with zero attached hydrogens (tertiary/aromatic N) is 3. The highest BCUT2D eigenvalue weighted by Gasteiger charge is 2.31. The summed E-state index contributed by atoms with van der Waals surface area (Å²) in [5, 5.41) is 3.02. The van der Waals surface area contributed by atoms with Crippen LogP contribution in [0.1, 0.15) is 51.1 Å². The van der Waals surface area contributed by atoms with E-state index >= 15 is 0 Å². The minimum absolute atomic E-state index is 0.0636. The van der Waals surface area contributed by atoms with Crippen molar-refractivity contribution in [2.75, 3.05) is 0 Å². The SMILES string of the molecule is CCC1(OCc2cc(=O)n3[nH]c(-c4ccccc4)nc3n2)CCCCC1. The molecule has 0 bridgehead atoms. The standard InChI is InChI=1S/C20H24N4O2/c1-2-20(11-7-4-8-12-20)26-14-16-13-17(25)24-19(21-16)22-18(23-24)15-9-5-3-6-10-15/h3,5-6,9-10,13H,2,4,7-8,11-12,14H2,1H3,(H,21,22,23). The lowest BCUT2D eigenvalue weighted by molar-refractivity contribution is -0.0837. The molecule has 4 rings (SSSR count). The van der Waals surface area contributed by atoms with Gasteiger partial charge in [-0.15, -0.1) is 0 Å². The zero-order valence-corrected chi connectivity index (χ0v) is 15.1. The molecule has 1 fully saturated rings. The Morgan fingerprint density at radius 3 is 2.65 bits per heavy atom. The van der Waals surface area contributed by atoms with Crippen molar-refractivity contribution in [3.8, 4) is 11.4 Å². The highest BCUT2D eigenvalue weighted by atomic mass is 16.5. The van der Waals surface area contributed by atoms with E-state index in [1.165, 1.54) is 29.8 Å². The van der Waals surface area contributed by atoms with Crippen molar-refractivity contribution in [3.05, 3.63) is 52.4 Å². The number of ether oxygens (including phenoxy) is 1. The third kappa shape index (κ3) is 3.29. The first-order valence-corrected chi connectivity index (χ1v) is 9.37. The molecule has 2 aromatic heterocycles. The largest absolute Gasteiger partial charge is 0.369 e. The Labute approximate surface area is 152 Å². The van der Waals surface area contributed by atoms with E-state index in [4.69, 9.17) is 4.74 Å². The van der Waals surface area contributed by atoms with Gasteiger partial charge in [0, 0.05) is 11.6 Å². The number of H-pyrrole nitrogens is 1. The van der Waals surface area contributed by atoms with E-state index in [2.05, 4.69) is 22.0 Å². The molecule has 136 valence electrons. The van der Waals surface area contributed by atoms with Crippen molar-refractivity contribution in [1.29, 1.82) is 0 Å². The lowest BCUT2D eigenvalue weighted by atomic mass is 9.83. The number of nitrogens with one attached hydrogen (secondary N) is 1. The summed E-state index contributed by atoms with van der Waals surface area (Å²) < 4.78 is 7.63. The lowest BCUT2D eigenvalue weighted by Gasteiger charge is -2.36. The fourth-order valence-corrected chi connectivity index (χ4v) is 3.75. The van der Waals surface area contributed by atoms with Crippen LogP contribution < -0.4 is 5.56 Å². The second-order valence-corrected chi connectivity index (χ2v) is 7.05. The summed E-state index contributed by atoms with van der Waals surface area (Å²) >= 11 is 0. The van der Waals surface area contributed by atoms with Crippen molar-refractivity contribution in [1.82, 2.24) is 19.6 Å². The molecule has 26 heavy (non-hydrogen) atoms. The number of hydrogen-bond acceptors (Lipinski definition) is 4. The second kappa shape index (κ2) is 7.03. The van der Waals surface area contributed by atoms with E-state index in [-0.39, 0.29) is 11.2 Å². The van der Waals surface area contributed by atoms with Gasteiger partial charge in [0.05, 0.1) is 17.9 Å². The van der Waals surface area contributed by atoms with Gasteiger partial charge in [-0.3, -0.25) is 9.89 Å². The summed E-state index contributed by atoms with van der Waals surface area (Å²) in [5.74, 6) is 1.01. The molecule has 0 aliphatic heterocycles. The van der Waals surface area contributed by atoms with Crippen molar-refractivity contribution in [2.45, 2.75) is 57.7 Å². The first-order valence-electron chi connectivity index (χ1n) is 9.37. The summed E-state index contributed by atoms with van der Waals surface area (Å²) in [6.07, 6.45) is 6.88. The van der Waals surface area contributed by atoms with Crippen LogP contribution in [-0.4, -0.2) is 25.2 Å². The van der Waals surface area contributed by atoms with Gasteiger partial charge in [-0.2, -0.15) is 9.50 Å². The Morgan fingerprint density at radius 1 is 1.15 bits per heavy atom. The van der Waals surface area contributed by atoms with Gasteiger partial charge in [-0.05, 0) is 19.3 Å². The maximum atomic E-state index is 12.4. The van der Waals surface area contributed by atoms with Crippen molar-refractivity contribution in [2.24, 2.45) is 0 Å². The molecule has 0 unspecified atom stereocenters. The highest BCUT2D eigenvalue weighted by Crippen LogP contribution is 2.34. The van der Waals surface area contributed by atoms with E-state index in [1.807, 2.05) is 30.3 Å². The lowest BCUT2D eigenvalue weighted by Crippen LogP contribution is -2.34. The van der Waals surface area contributed by atoms with Gasteiger partial charge >= 0.3 is 0 Å². The van der Waals surface area contributed by atoms with Crippen LogP contribution in [-0.2, 0) is 11.3 Å². The first-order chi connectivity index (χ1) is 12.7. The number of aromatic amines is 1. The molecule has 1 aliphatic rings. The maximum Gasteiger partial charge on any atom is 0.274 e. The Morgan fingerprint density at radius 2 is 1.92 bits per heavy atom. The van der Waals surface area contributed by atoms with Crippen molar-refractivity contribution in [3.63, 3.8) is 0 Å². The van der Waals surface area contributed by atoms with Crippen molar-refractivity contribution < 1.29 is 4.74 Å². The molecule has 1 N–H and O–H groups in total. The van der Waals surface area contributed by atoms with Crippen LogP contribution in [0.4, 0.5) is 0 Å². The molecule has 6 heteroatoms. The van der Waals surface area contributed by atoms with Crippen LogP contribution in [0.15, 0.2) is 41.2 Å². The van der Waals surface area contributed by atoms with Gasteiger partial charge in [0.1, 0.15) is 0 Å². The summed E-state index contributed by atoms with van der Waals surface area (Å²) in [5.41, 5.74) is 1.32. The van der Waals surface area contributed by atoms with Gasteiger partial charge in [-0.1, -0.05) is 56.5 Å². The third-order valence-electron chi connectivity index (χ3n) is 5.37. The third-order valence-corrected chi connectivity index (χ3v) is 5.37. The van der Waals surface area contributed by atoms with Crippen LogP contribution in [0.25, 0.3) is 17.2 Å². The van der Waals surface area contributed by atoms with Gasteiger partial charge in [0.25, 0.3) is 11.3 Å². The molecule has 6 nitrogen and oxygen atoms in total. The molecule has 3 aromatic rings. The molecule has 1 saturated carbocycles. The first kappa shape index (κ1) is 17.0. The molecule has 0 amide bonds. The monoisotopic (exact) mass is 352 g/mol. The smallest absolute Gasteiger partial charge is 0.274 e. The summed E-state index contributed by atoms with van der Waals surface area (Å²) in [7, 11) is 0. The van der Waals surface area contributed by atoms with Crippen LogP contribution in [0.5, 0.6) is 0 Å². The maximum absolute atomic E-state index is 12.4. The minimum atomic E-state index is -0.169. The van der Waals surface area contributed by atoms with Crippen LogP contribution in [0, 0.1) is 0 Å². The summed E-state index contributed by atoms with van der Waals surface area (Å²) in [6, 6.07) is 11.2. The number of aromatic nitrogens is 4. The van der Waals surface area contributed by atoms with Crippen molar-refractivity contribution >= 4 is 5.78 Å². The topological polar surface area (TPSA) is 72.3 Å². The molecule has 2 heterocycles. The number of rotatable bonds is 5. The molecule has 0 atom stereocenters. The zero-order chi connectivity index (χ0) is 18.0. The fraction of sp³-hybridized carbons (Fsp3) is 0.450. The van der Waals surface area contributed by atoms with E-state index in [0.717, 1.165) is 24.8 Å². The molecule has 0 saturated heterocycles. The van der Waals surface area contributed by atoms with Crippen LogP contribution in [0.3, 0.4) is 0 Å². The number of benzene rings is 1. The Kier molecular flexibility index (Phi) is 4.59. The summed E-state index contributed by atoms with van der Waals surface area (Å²) in [6.45, 7) is 2.53. The number of fused-ring (bicyclic) bond motifs is 1. The van der Waals surface area contributed by atoms with E-state index < -0.39 is 0 Å². The highest BCUT2D eigenvalue weighted by molar-refractivity contribution is 5.56.